The van der Waals surface area contributed by atoms with Crippen LogP contribution in [-0.4, -0.2) is 13.1 Å². The van der Waals surface area contributed by atoms with Gasteiger partial charge in [0.2, 0.25) is 0 Å². The molecule has 0 unspecified atom stereocenters. The Morgan fingerprint density at radius 2 is 2.20 bits per heavy atom. The Morgan fingerprint density at radius 3 is 2.50 bits per heavy atom. The summed E-state index contributed by atoms with van der Waals surface area (Å²) >= 11 is 0. The molecule has 0 saturated heterocycles. The molecule has 0 rings (SSSR count). The van der Waals surface area contributed by atoms with Crippen molar-refractivity contribution in [2.75, 3.05) is 7.11 Å². The van der Waals surface area contributed by atoms with Crippen molar-refractivity contribution in [3.8, 4) is 12.3 Å². The third kappa shape index (κ3) is 3.13. The minimum absolute atomic E-state index is 0.261. The van der Waals surface area contributed by atoms with Gasteiger partial charge in [-0.1, -0.05) is 5.92 Å². The van der Waals surface area contributed by atoms with Gasteiger partial charge in [0.1, 0.15) is 0 Å². The molecular weight excluding hydrogens is 128 g/mol. The molecule has 0 aromatic heterocycles. The number of hydrogen-bond donors (Lipinski definition) is 0. The molecule has 0 fully saturated rings. The lowest BCUT2D eigenvalue weighted by Gasteiger charge is -2.14. The second-order valence-electron chi connectivity index (χ2n) is 2.78. The molecule has 0 radical (unpaired) electrons. The molecule has 0 atom stereocenters. The molecule has 0 amide bonds. The Morgan fingerprint density at radius 1 is 1.70 bits per heavy atom. The fourth-order valence-electron chi connectivity index (χ4n) is 0.484. The topological polar surface area (TPSA) is 26.3 Å². The van der Waals surface area contributed by atoms with E-state index in [4.69, 9.17) is 6.42 Å². The van der Waals surface area contributed by atoms with E-state index < -0.39 is 0 Å². The first-order chi connectivity index (χ1) is 4.52. The molecule has 0 aliphatic rings. The van der Waals surface area contributed by atoms with Crippen molar-refractivity contribution in [3.05, 3.63) is 0 Å². The van der Waals surface area contributed by atoms with Gasteiger partial charge in [0.25, 0.3) is 0 Å². The Labute approximate surface area is 61.6 Å². The summed E-state index contributed by atoms with van der Waals surface area (Å²) in [5.74, 6) is 2.24. The second kappa shape index (κ2) is 3.26. The van der Waals surface area contributed by atoms with Crippen molar-refractivity contribution in [2.45, 2.75) is 20.3 Å². The van der Waals surface area contributed by atoms with Crippen molar-refractivity contribution >= 4 is 5.97 Å². The van der Waals surface area contributed by atoms with E-state index in [0.717, 1.165) is 0 Å². The molecule has 2 nitrogen and oxygen atoms in total. The van der Waals surface area contributed by atoms with Crippen LogP contribution in [0.2, 0.25) is 0 Å². The Kier molecular flexibility index (Phi) is 2.95. The third-order valence-electron chi connectivity index (χ3n) is 1.20. The summed E-state index contributed by atoms with van der Waals surface area (Å²) in [6.07, 6.45) is 5.43. The van der Waals surface area contributed by atoms with Crippen LogP contribution in [0.1, 0.15) is 20.3 Å². The van der Waals surface area contributed by atoms with Crippen LogP contribution >= 0.6 is 0 Å². The van der Waals surface area contributed by atoms with E-state index >= 15 is 0 Å². The van der Waals surface area contributed by atoms with Crippen molar-refractivity contribution < 1.29 is 9.53 Å². The zero-order valence-electron chi connectivity index (χ0n) is 6.60. The summed E-state index contributed by atoms with van der Waals surface area (Å²) in [5.41, 5.74) is -0.382. The molecule has 10 heavy (non-hydrogen) atoms. The van der Waals surface area contributed by atoms with Crippen molar-refractivity contribution in [3.63, 3.8) is 0 Å². The van der Waals surface area contributed by atoms with E-state index in [1.165, 1.54) is 7.11 Å². The second-order valence-corrected chi connectivity index (χ2v) is 2.78. The van der Waals surface area contributed by atoms with Gasteiger partial charge in [0, 0.05) is 5.41 Å². The van der Waals surface area contributed by atoms with Crippen LogP contribution < -0.4 is 0 Å². The van der Waals surface area contributed by atoms with E-state index in [9.17, 15) is 4.79 Å². The predicted octanol–water partition coefficient (Wildman–Crippen LogP) is 1.21. The fourth-order valence-corrected chi connectivity index (χ4v) is 0.484. The van der Waals surface area contributed by atoms with Crippen molar-refractivity contribution in [1.29, 1.82) is 0 Å². The highest BCUT2D eigenvalue weighted by Gasteiger charge is 2.18. The molecule has 0 N–H and O–H groups in total. The lowest BCUT2D eigenvalue weighted by Crippen LogP contribution is -2.15. The zero-order valence-corrected chi connectivity index (χ0v) is 6.60. The highest BCUT2D eigenvalue weighted by molar-refractivity contribution is 5.70. The van der Waals surface area contributed by atoms with Crippen LogP contribution in [0.5, 0.6) is 0 Å². The van der Waals surface area contributed by atoms with Crippen LogP contribution in [0.3, 0.4) is 0 Å². The summed E-state index contributed by atoms with van der Waals surface area (Å²) in [6.45, 7) is 3.65. The van der Waals surface area contributed by atoms with Crippen molar-refractivity contribution in [2.24, 2.45) is 5.41 Å². The molecule has 0 aromatic carbocycles. The summed E-state index contributed by atoms with van der Waals surface area (Å²) in [7, 11) is 1.36. The smallest absolute Gasteiger partial charge is 0.307 e. The maximum Gasteiger partial charge on any atom is 0.307 e. The van der Waals surface area contributed by atoms with Crippen molar-refractivity contribution in [1.82, 2.24) is 0 Å². The van der Waals surface area contributed by atoms with Gasteiger partial charge in [-0.05, 0) is 13.8 Å². The Bertz CT molecular complexity index is 163. The minimum Gasteiger partial charge on any atom is -0.469 e. The molecule has 2 heteroatoms. The SMILES string of the molecule is C#CC(C)(C)CC(=O)OC. The lowest BCUT2D eigenvalue weighted by molar-refractivity contribution is -0.142. The quantitative estimate of drug-likeness (QED) is 0.425. The first-order valence-electron chi connectivity index (χ1n) is 3.06. The van der Waals surface area contributed by atoms with E-state index in [1.807, 2.05) is 13.8 Å². The summed E-state index contributed by atoms with van der Waals surface area (Å²) in [6, 6.07) is 0. The maximum atomic E-state index is 10.7. The van der Waals surface area contributed by atoms with E-state index in [0.29, 0.717) is 0 Å². The third-order valence-corrected chi connectivity index (χ3v) is 1.20. The average Bonchev–Trinajstić information content (AvgIpc) is 1.87. The zero-order chi connectivity index (χ0) is 8.20. The number of carbonyl (C=O) groups is 1. The number of hydrogen-bond acceptors (Lipinski definition) is 2. The monoisotopic (exact) mass is 140 g/mol. The van der Waals surface area contributed by atoms with Crippen LogP contribution in [0.4, 0.5) is 0 Å². The number of carbonyl (C=O) groups excluding carboxylic acids is 1. The maximum absolute atomic E-state index is 10.7. The van der Waals surface area contributed by atoms with Crippen LogP contribution in [-0.2, 0) is 9.53 Å². The number of ether oxygens (including phenoxy) is 1. The number of terminal acetylenes is 1. The van der Waals surface area contributed by atoms with Gasteiger partial charge in [-0.2, -0.15) is 0 Å². The van der Waals surface area contributed by atoms with E-state index in [2.05, 4.69) is 10.7 Å². The standard InChI is InChI=1S/C8H12O2/c1-5-8(2,3)6-7(9)10-4/h1H,6H2,2-4H3. The van der Waals surface area contributed by atoms with Gasteiger partial charge in [-0.15, -0.1) is 6.42 Å². The fraction of sp³-hybridized carbons (Fsp3) is 0.625. The van der Waals surface area contributed by atoms with Gasteiger partial charge < -0.3 is 4.74 Å². The highest BCUT2D eigenvalue weighted by Crippen LogP contribution is 2.18. The van der Waals surface area contributed by atoms with Crippen LogP contribution in [0, 0.1) is 17.8 Å². The minimum atomic E-state index is -0.382. The molecular formula is C8H12O2. The number of esters is 1. The number of rotatable bonds is 2. The largest absolute Gasteiger partial charge is 0.469 e. The molecule has 0 saturated carbocycles. The van der Waals surface area contributed by atoms with Crippen LogP contribution in [0.15, 0.2) is 0 Å². The Hall–Kier alpha value is -0.970. The number of methoxy groups -OCH3 is 1. The summed E-state index contributed by atoms with van der Waals surface area (Å²) in [4.78, 5) is 10.7. The van der Waals surface area contributed by atoms with Gasteiger partial charge in [0.05, 0.1) is 13.5 Å². The van der Waals surface area contributed by atoms with Gasteiger partial charge in [-0.3, -0.25) is 4.79 Å². The molecule has 56 valence electrons. The highest BCUT2D eigenvalue weighted by atomic mass is 16.5. The van der Waals surface area contributed by atoms with E-state index in [-0.39, 0.29) is 17.8 Å². The summed E-state index contributed by atoms with van der Waals surface area (Å²) < 4.78 is 4.45. The molecule has 0 aromatic rings. The first-order valence-corrected chi connectivity index (χ1v) is 3.06. The van der Waals surface area contributed by atoms with Gasteiger partial charge in [-0.25, -0.2) is 0 Å². The normalized spacial score (nSPS) is 10.2. The summed E-state index contributed by atoms with van der Waals surface area (Å²) in [5, 5.41) is 0. The Balaban J connectivity index is 3.92. The lowest BCUT2D eigenvalue weighted by atomic mass is 9.91. The predicted molar refractivity (Wildman–Crippen MR) is 39.2 cm³/mol. The van der Waals surface area contributed by atoms with E-state index in [1.54, 1.807) is 0 Å². The molecule has 0 spiro atoms. The molecule has 0 bridgehead atoms. The molecule has 0 heterocycles. The molecule has 0 aliphatic carbocycles. The average molecular weight is 140 g/mol. The molecule has 0 aliphatic heterocycles. The van der Waals surface area contributed by atoms with Gasteiger partial charge >= 0.3 is 5.97 Å². The first kappa shape index (κ1) is 9.03. The van der Waals surface area contributed by atoms with Gasteiger partial charge in [0.15, 0.2) is 0 Å². The van der Waals surface area contributed by atoms with Crippen LogP contribution in [0.25, 0.3) is 0 Å².